The maximum atomic E-state index is 12.7. The Morgan fingerprint density at radius 2 is 2.36 bits per heavy atom. The highest BCUT2D eigenvalue weighted by atomic mass is 32.1. The van der Waals surface area contributed by atoms with E-state index < -0.39 is 0 Å². The first kappa shape index (κ1) is 16.2. The van der Waals surface area contributed by atoms with Crippen molar-refractivity contribution >= 4 is 28.3 Å². The fraction of sp³-hybridized carbons (Fsp3) is 0.389. The van der Waals surface area contributed by atoms with Gasteiger partial charge in [-0.25, -0.2) is 9.67 Å². The van der Waals surface area contributed by atoms with E-state index >= 15 is 0 Å². The molecule has 6 nitrogen and oxygen atoms in total. The van der Waals surface area contributed by atoms with Gasteiger partial charge >= 0.3 is 0 Å². The number of aryl methyl sites for hydroxylation is 1. The minimum absolute atomic E-state index is 0.121. The van der Waals surface area contributed by atoms with Crippen molar-refractivity contribution in [2.24, 2.45) is 5.73 Å². The van der Waals surface area contributed by atoms with Crippen molar-refractivity contribution in [3.05, 3.63) is 45.9 Å². The Morgan fingerprint density at radius 1 is 1.48 bits per heavy atom. The molecular formula is C18H21N5OS. The Labute approximate surface area is 150 Å². The van der Waals surface area contributed by atoms with Gasteiger partial charge in [-0.3, -0.25) is 4.79 Å². The maximum Gasteiger partial charge on any atom is 0.254 e. The van der Waals surface area contributed by atoms with E-state index in [-0.39, 0.29) is 11.8 Å². The minimum Gasteiger partial charge on any atom is -0.338 e. The van der Waals surface area contributed by atoms with Crippen LogP contribution in [-0.2, 0) is 6.54 Å². The average molecular weight is 355 g/mol. The zero-order valence-corrected chi connectivity index (χ0v) is 15.0. The molecule has 3 aromatic rings. The molecule has 0 saturated carbocycles. The molecule has 25 heavy (non-hydrogen) atoms. The molecule has 1 aliphatic heterocycles. The summed E-state index contributed by atoms with van der Waals surface area (Å²) in [6.07, 6.45) is 2.71. The highest BCUT2D eigenvalue weighted by molar-refractivity contribution is 7.10. The van der Waals surface area contributed by atoms with E-state index in [9.17, 15) is 4.79 Å². The normalized spacial score (nSPS) is 17.5. The largest absolute Gasteiger partial charge is 0.338 e. The fourth-order valence-corrected chi connectivity index (χ4v) is 4.20. The molecule has 1 aliphatic rings. The van der Waals surface area contributed by atoms with Crippen molar-refractivity contribution in [1.82, 2.24) is 19.7 Å². The van der Waals surface area contributed by atoms with Gasteiger partial charge in [0.1, 0.15) is 0 Å². The Hall–Kier alpha value is -2.25. The number of hydrogen-bond acceptors (Lipinski definition) is 5. The van der Waals surface area contributed by atoms with Crippen molar-refractivity contribution in [2.75, 3.05) is 19.6 Å². The van der Waals surface area contributed by atoms with Crippen LogP contribution in [0.15, 0.2) is 29.8 Å². The second-order valence-electron chi connectivity index (χ2n) is 6.45. The summed E-state index contributed by atoms with van der Waals surface area (Å²) >= 11 is 1.62. The first-order chi connectivity index (χ1) is 12.2. The zero-order valence-electron chi connectivity index (χ0n) is 14.2. The topological polar surface area (TPSA) is 77.0 Å². The summed E-state index contributed by atoms with van der Waals surface area (Å²) in [4.78, 5) is 20.3. The predicted molar refractivity (Wildman–Crippen MR) is 98.9 cm³/mol. The summed E-state index contributed by atoms with van der Waals surface area (Å²) in [6.45, 7) is 4.68. The second kappa shape index (κ2) is 6.57. The third kappa shape index (κ3) is 2.94. The van der Waals surface area contributed by atoms with E-state index in [1.165, 1.54) is 0 Å². The molecule has 0 radical (unpaired) electrons. The van der Waals surface area contributed by atoms with E-state index in [2.05, 4.69) is 11.1 Å². The van der Waals surface area contributed by atoms with Gasteiger partial charge in [0.15, 0.2) is 5.65 Å². The molecular weight excluding hydrogens is 334 g/mol. The van der Waals surface area contributed by atoms with Crippen LogP contribution in [0, 0.1) is 6.92 Å². The van der Waals surface area contributed by atoms with Crippen LogP contribution in [-0.4, -0.2) is 45.2 Å². The van der Waals surface area contributed by atoms with Crippen LogP contribution in [0.5, 0.6) is 0 Å². The molecule has 0 unspecified atom stereocenters. The Kier molecular flexibility index (Phi) is 4.27. The number of aromatic nitrogens is 3. The third-order valence-electron chi connectivity index (χ3n) is 4.72. The zero-order chi connectivity index (χ0) is 17.4. The molecule has 130 valence electrons. The highest BCUT2D eigenvalue weighted by Crippen LogP contribution is 2.32. The van der Waals surface area contributed by atoms with Gasteiger partial charge in [-0.05, 0) is 31.5 Å². The smallest absolute Gasteiger partial charge is 0.254 e. The number of likely N-dealkylation sites (tertiary alicyclic amines) is 1. The van der Waals surface area contributed by atoms with Gasteiger partial charge in [0.2, 0.25) is 0 Å². The predicted octanol–water partition coefficient (Wildman–Crippen LogP) is 2.39. The fourth-order valence-electron chi connectivity index (χ4n) is 3.52. The number of nitrogens with zero attached hydrogens (tertiary/aromatic N) is 4. The lowest BCUT2D eigenvalue weighted by Gasteiger charge is -2.15. The molecule has 7 heteroatoms. The van der Waals surface area contributed by atoms with Gasteiger partial charge in [-0.15, -0.1) is 11.3 Å². The molecule has 0 aromatic carbocycles. The molecule has 1 fully saturated rings. The SMILES string of the molecule is Cc1cc(C(=O)N2CC[C@@H](c3nn(CCN)c4ncccc34)C2)cs1. The second-order valence-corrected chi connectivity index (χ2v) is 7.57. The van der Waals surface area contributed by atoms with Crippen LogP contribution >= 0.6 is 11.3 Å². The molecule has 0 bridgehead atoms. The molecule has 1 atom stereocenters. The summed E-state index contributed by atoms with van der Waals surface area (Å²) in [5.41, 5.74) is 8.41. The van der Waals surface area contributed by atoms with Crippen LogP contribution in [0.3, 0.4) is 0 Å². The first-order valence-corrected chi connectivity index (χ1v) is 9.41. The van der Waals surface area contributed by atoms with Crippen molar-refractivity contribution in [1.29, 1.82) is 0 Å². The van der Waals surface area contributed by atoms with Gasteiger partial charge in [0.25, 0.3) is 5.91 Å². The monoisotopic (exact) mass is 355 g/mol. The first-order valence-electron chi connectivity index (χ1n) is 8.53. The van der Waals surface area contributed by atoms with E-state index in [1.54, 1.807) is 17.5 Å². The number of pyridine rings is 1. The van der Waals surface area contributed by atoms with Crippen molar-refractivity contribution in [3.63, 3.8) is 0 Å². The van der Waals surface area contributed by atoms with Crippen molar-refractivity contribution in [2.45, 2.75) is 25.8 Å². The van der Waals surface area contributed by atoms with E-state index in [1.807, 2.05) is 34.0 Å². The lowest BCUT2D eigenvalue weighted by Crippen LogP contribution is -2.28. The van der Waals surface area contributed by atoms with Crippen LogP contribution in [0.4, 0.5) is 0 Å². The van der Waals surface area contributed by atoms with Crippen LogP contribution < -0.4 is 5.73 Å². The highest BCUT2D eigenvalue weighted by Gasteiger charge is 2.31. The Balaban J connectivity index is 1.59. The number of rotatable bonds is 4. The van der Waals surface area contributed by atoms with Crippen LogP contribution in [0.1, 0.15) is 33.3 Å². The molecule has 0 spiro atoms. The Bertz CT molecular complexity index is 915. The average Bonchev–Trinajstić information content (AvgIpc) is 3.33. The number of amides is 1. The number of hydrogen-bond donors (Lipinski definition) is 1. The summed E-state index contributed by atoms with van der Waals surface area (Å²) in [5.74, 6) is 0.366. The number of thiophene rings is 1. The summed E-state index contributed by atoms with van der Waals surface area (Å²) < 4.78 is 1.89. The quantitative estimate of drug-likeness (QED) is 0.779. The summed E-state index contributed by atoms with van der Waals surface area (Å²) in [7, 11) is 0. The van der Waals surface area contributed by atoms with Gasteiger partial charge in [0, 0.05) is 47.4 Å². The van der Waals surface area contributed by atoms with Gasteiger partial charge in [-0.2, -0.15) is 5.10 Å². The number of carbonyl (C=O) groups excluding carboxylic acids is 1. The third-order valence-corrected chi connectivity index (χ3v) is 5.58. The van der Waals surface area contributed by atoms with E-state index in [0.29, 0.717) is 19.6 Å². The molecule has 1 saturated heterocycles. The standard InChI is InChI=1S/C18H21N5OS/c1-12-9-14(11-25-12)18(24)22-7-4-13(10-22)16-15-3-2-6-20-17(15)23(21-16)8-5-19/h2-3,6,9,11,13H,4-5,7-8,10,19H2,1H3/t13-/m1/s1. The summed E-state index contributed by atoms with van der Waals surface area (Å²) in [5, 5.41) is 7.79. The lowest BCUT2D eigenvalue weighted by molar-refractivity contribution is 0.0791. The van der Waals surface area contributed by atoms with Crippen LogP contribution in [0.25, 0.3) is 11.0 Å². The number of carbonyl (C=O) groups is 1. The molecule has 3 aromatic heterocycles. The molecule has 1 amide bonds. The lowest BCUT2D eigenvalue weighted by atomic mass is 10.0. The minimum atomic E-state index is 0.121. The van der Waals surface area contributed by atoms with Crippen molar-refractivity contribution < 1.29 is 4.79 Å². The van der Waals surface area contributed by atoms with Gasteiger partial charge in [0.05, 0.1) is 17.8 Å². The number of fused-ring (bicyclic) bond motifs is 1. The Morgan fingerprint density at radius 3 is 3.12 bits per heavy atom. The van der Waals surface area contributed by atoms with E-state index in [0.717, 1.165) is 40.1 Å². The molecule has 2 N–H and O–H groups in total. The van der Waals surface area contributed by atoms with Crippen LogP contribution in [0.2, 0.25) is 0 Å². The van der Waals surface area contributed by atoms with Crippen molar-refractivity contribution in [3.8, 4) is 0 Å². The molecule has 4 heterocycles. The molecule has 4 rings (SSSR count). The number of nitrogens with two attached hydrogens (primary N) is 1. The van der Waals surface area contributed by atoms with Gasteiger partial charge < -0.3 is 10.6 Å². The molecule has 0 aliphatic carbocycles. The van der Waals surface area contributed by atoms with E-state index in [4.69, 9.17) is 10.8 Å². The maximum absolute atomic E-state index is 12.7. The summed E-state index contributed by atoms with van der Waals surface area (Å²) in [6, 6.07) is 5.96. The van der Waals surface area contributed by atoms with Gasteiger partial charge in [-0.1, -0.05) is 0 Å².